The quantitative estimate of drug-likeness (QED) is 0.861. The molecule has 124 valence electrons. The number of hydrogen-bond acceptors (Lipinski definition) is 3. The molecule has 0 fully saturated rings. The van der Waals surface area contributed by atoms with Crippen LogP contribution in [-0.2, 0) is 6.42 Å². The van der Waals surface area contributed by atoms with E-state index < -0.39 is 0 Å². The Kier molecular flexibility index (Phi) is 4.89. The molecule has 0 saturated heterocycles. The molecule has 0 spiro atoms. The minimum absolute atomic E-state index is 0.115. The van der Waals surface area contributed by atoms with Crippen LogP contribution in [0.25, 0.3) is 0 Å². The smallest absolute Gasteiger partial charge is 0.259 e. The maximum absolute atomic E-state index is 12.8. The van der Waals surface area contributed by atoms with Crippen molar-refractivity contribution in [2.24, 2.45) is 0 Å². The summed E-state index contributed by atoms with van der Waals surface area (Å²) in [4.78, 5) is 30.8. The van der Waals surface area contributed by atoms with Gasteiger partial charge in [0.1, 0.15) is 0 Å². The molecule has 1 aliphatic heterocycles. The van der Waals surface area contributed by atoms with Crippen molar-refractivity contribution in [1.82, 2.24) is 10.3 Å². The Morgan fingerprint density at radius 3 is 2.83 bits per heavy atom. The number of amides is 2. The van der Waals surface area contributed by atoms with Crippen LogP contribution in [0.15, 0.2) is 42.7 Å². The molecule has 0 atom stereocenters. The SMILES string of the molecule is CCCCNC(=O)c1cncc(C(=O)N2CCc3ccccc32)c1. The van der Waals surface area contributed by atoms with Crippen LogP contribution in [0.3, 0.4) is 0 Å². The molecule has 1 N–H and O–H groups in total. The van der Waals surface area contributed by atoms with Crippen molar-refractivity contribution >= 4 is 17.5 Å². The van der Waals surface area contributed by atoms with Crippen LogP contribution in [0.5, 0.6) is 0 Å². The standard InChI is InChI=1S/C19H21N3O2/c1-2-3-9-21-18(23)15-11-16(13-20-12-15)19(24)22-10-8-14-6-4-5-7-17(14)22/h4-7,11-13H,2-3,8-10H2,1H3,(H,21,23). The van der Waals surface area contributed by atoms with Gasteiger partial charge in [-0.15, -0.1) is 0 Å². The number of nitrogens with zero attached hydrogens (tertiary/aromatic N) is 2. The van der Waals surface area contributed by atoms with Crippen LogP contribution in [0, 0.1) is 0 Å². The molecule has 1 aromatic heterocycles. The predicted molar refractivity (Wildman–Crippen MR) is 93.3 cm³/mol. The molecule has 0 aliphatic carbocycles. The van der Waals surface area contributed by atoms with Crippen LogP contribution < -0.4 is 10.2 Å². The number of carbonyl (C=O) groups excluding carboxylic acids is 2. The number of benzene rings is 1. The highest BCUT2D eigenvalue weighted by molar-refractivity contribution is 6.08. The van der Waals surface area contributed by atoms with Crippen molar-refractivity contribution in [2.45, 2.75) is 26.2 Å². The predicted octanol–water partition coefficient (Wildman–Crippen LogP) is 2.81. The van der Waals surface area contributed by atoms with Gasteiger partial charge in [-0.1, -0.05) is 31.5 Å². The number of carbonyl (C=O) groups is 2. The Labute approximate surface area is 141 Å². The van der Waals surface area contributed by atoms with Crippen molar-refractivity contribution in [3.63, 3.8) is 0 Å². The van der Waals surface area contributed by atoms with E-state index in [9.17, 15) is 9.59 Å². The third-order valence-electron chi connectivity index (χ3n) is 4.20. The lowest BCUT2D eigenvalue weighted by Crippen LogP contribution is -2.30. The van der Waals surface area contributed by atoms with E-state index in [1.165, 1.54) is 18.0 Å². The van der Waals surface area contributed by atoms with Gasteiger partial charge in [0.25, 0.3) is 11.8 Å². The number of para-hydroxylation sites is 1. The van der Waals surface area contributed by atoms with E-state index in [4.69, 9.17) is 0 Å². The fraction of sp³-hybridized carbons (Fsp3) is 0.316. The zero-order valence-electron chi connectivity index (χ0n) is 13.8. The first-order valence-corrected chi connectivity index (χ1v) is 8.33. The van der Waals surface area contributed by atoms with E-state index in [-0.39, 0.29) is 11.8 Å². The third-order valence-corrected chi connectivity index (χ3v) is 4.20. The summed E-state index contributed by atoms with van der Waals surface area (Å²) in [6, 6.07) is 9.53. The second-order valence-electron chi connectivity index (χ2n) is 5.91. The average Bonchev–Trinajstić information content (AvgIpc) is 3.05. The maximum atomic E-state index is 12.8. The van der Waals surface area contributed by atoms with Gasteiger partial charge in [0, 0.05) is 31.2 Å². The first-order valence-electron chi connectivity index (χ1n) is 8.33. The molecule has 3 rings (SSSR count). The first kappa shape index (κ1) is 16.2. The van der Waals surface area contributed by atoms with Gasteiger partial charge < -0.3 is 10.2 Å². The summed E-state index contributed by atoms with van der Waals surface area (Å²) in [6.45, 7) is 3.36. The molecule has 0 unspecified atom stereocenters. The second-order valence-corrected chi connectivity index (χ2v) is 5.91. The van der Waals surface area contributed by atoms with Crippen molar-refractivity contribution in [3.8, 4) is 0 Å². The highest BCUT2D eigenvalue weighted by Crippen LogP contribution is 2.28. The highest BCUT2D eigenvalue weighted by atomic mass is 16.2. The van der Waals surface area contributed by atoms with E-state index in [0.29, 0.717) is 24.2 Å². The second kappa shape index (κ2) is 7.25. The van der Waals surface area contributed by atoms with E-state index >= 15 is 0 Å². The average molecular weight is 323 g/mol. The highest BCUT2D eigenvalue weighted by Gasteiger charge is 2.25. The number of rotatable bonds is 5. The molecule has 2 amide bonds. The lowest BCUT2D eigenvalue weighted by Gasteiger charge is -2.17. The van der Waals surface area contributed by atoms with Gasteiger partial charge in [0.2, 0.25) is 0 Å². The molecule has 1 aliphatic rings. The minimum Gasteiger partial charge on any atom is -0.352 e. The summed E-state index contributed by atoms with van der Waals surface area (Å²) in [7, 11) is 0. The van der Waals surface area contributed by atoms with E-state index in [1.807, 2.05) is 24.3 Å². The van der Waals surface area contributed by atoms with Crippen molar-refractivity contribution in [1.29, 1.82) is 0 Å². The molecule has 0 bridgehead atoms. The number of hydrogen-bond donors (Lipinski definition) is 1. The number of anilines is 1. The van der Waals surface area contributed by atoms with Gasteiger partial charge in [0.05, 0.1) is 11.1 Å². The Hall–Kier alpha value is -2.69. The minimum atomic E-state index is -0.188. The van der Waals surface area contributed by atoms with E-state index in [1.54, 1.807) is 11.0 Å². The number of pyridine rings is 1. The molecular weight excluding hydrogens is 302 g/mol. The maximum Gasteiger partial charge on any atom is 0.259 e. The normalized spacial score (nSPS) is 12.8. The van der Waals surface area contributed by atoms with Gasteiger partial charge >= 0.3 is 0 Å². The Balaban J connectivity index is 1.77. The monoisotopic (exact) mass is 323 g/mol. The van der Waals surface area contributed by atoms with Gasteiger partial charge in [-0.25, -0.2) is 0 Å². The zero-order chi connectivity index (χ0) is 16.9. The summed E-state index contributed by atoms with van der Waals surface area (Å²) in [5.74, 6) is -0.303. The van der Waals surface area contributed by atoms with Crippen LogP contribution in [0.2, 0.25) is 0 Å². The van der Waals surface area contributed by atoms with Crippen molar-refractivity contribution < 1.29 is 9.59 Å². The number of nitrogens with one attached hydrogen (secondary N) is 1. The van der Waals surface area contributed by atoms with Gasteiger partial charge in [-0.2, -0.15) is 0 Å². The molecule has 24 heavy (non-hydrogen) atoms. The van der Waals surface area contributed by atoms with E-state index in [2.05, 4.69) is 17.2 Å². The molecule has 2 aromatic rings. The molecule has 5 heteroatoms. The molecule has 0 radical (unpaired) electrons. The summed E-state index contributed by atoms with van der Waals surface area (Å²) < 4.78 is 0. The molecule has 5 nitrogen and oxygen atoms in total. The third kappa shape index (κ3) is 3.30. The summed E-state index contributed by atoms with van der Waals surface area (Å²) >= 11 is 0. The Morgan fingerprint density at radius 2 is 2.00 bits per heavy atom. The number of fused-ring (bicyclic) bond motifs is 1. The van der Waals surface area contributed by atoms with Crippen LogP contribution in [-0.4, -0.2) is 29.9 Å². The first-order chi connectivity index (χ1) is 11.7. The largest absolute Gasteiger partial charge is 0.352 e. The molecule has 1 aromatic carbocycles. The zero-order valence-corrected chi connectivity index (χ0v) is 13.8. The van der Waals surface area contributed by atoms with Gasteiger partial charge in [-0.05, 0) is 30.5 Å². The summed E-state index contributed by atoms with van der Waals surface area (Å²) in [5, 5.41) is 2.85. The van der Waals surface area contributed by atoms with Crippen molar-refractivity contribution in [3.05, 3.63) is 59.4 Å². The van der Waals surface area contributed by atoms with Gasteiger partial charge in [0.15, 0.2) is 0 Å². The lowest BCUT2D eigenvalue weighted by molar-refractivity contribution is 0.0953. The molecule has 2 heterocycles. The lowest BCUT2D eigenvalue weighted by atomic mass is 10.1. The number of unbranched alkanes of at least 4 members (excludes halogenated alkanes) is 1. The van der Waals surface area contributed by atoms with E-state index in [0.717, 1.165) is 24.9 Å². The topological polar surface area (TPSA) is 62.3 Å². The Morgan fingerprint density at radius 1 is 1.21 bits per heavy atom. The summed E-state index contributed by atoms with van der Waals surface area (Å²) in [5.41, 5.74) is 2.98. The van der Waals surface area contributed by atoms with Crippen LogP contribution in [0.1, 0.15) is 46.0 Å². The fourth-order valence-corrected chi connectivity index (χ4v) is 2.87. The van der Waals surface area contributed by atoms with Crippen LogP contribution in [0.4, 0.5) is 5.69 Å². The molecular formula is C19H21N3O2. The number of aromatic nitrogens is 1. The van der Waals surface area contributed by atoms with Gasteiger partial charge in [-0.3, -0.25) is 14.6 Å². The summed E-state index contributed by atoms with van der Waals surface area (Å²) in [6.07, 6.45) is 5.82. The Bertz CT molecular complexity index is 758. The fourth-order valence-electron chi connectivity index (χ4n) is 2.87. The molecule has 0 saturated carbocycles. The van der Waals surface area contributed by atoms with Crippen LogP contribution >= 0.6 is 0 Å². The van der Waals surface area contributed by atoms with Crippen molar-refractivity contribution in [2.75, 3.05) is 18.0 Å².